The molecule has 1 aromatic rings. The monoisotopic (exact) mass is 427 g/mol. The quantitative estimate of drug-likeness (QED) is 0.748. The first kappa shape index (κ1) is 22.1. The summed E-state index contributed by atoms with van der Waals surface area (Å²) >= 11 is 0. The fourth-order valence-corrected chi connectivity index (χ4v) is 4.52. The first-order valence-corrected chi connectivity index (χ1v) is 11.8. The van der Waals surface area contributed by atoms with E-state index in [-0.39, 0.29) is 17.9 Å². The molecule has 3 aliphatic rings. The van der Waals surface area contributed by atoms with Crippen molar-refractivity contribution in [2.45, 2.75) is 51.7 Å². The Morgan fingerprint density at radius 1 is 0.839 bits per heavy atom. The number of nitrogens with one attached hydrogen (secondary N) is 1. The normalized spacial score (nSPS) is 21.9. The van der Waals surface area contributed by atoms with Gasteiger partial charge in [0.05, 0.1) is 6.04 Å². The molecule has 170 valence electrons. The Morgan fingerprint density at radius 3 is 1.97 bits per heavy atom. The van der Waals surface area contributed by atoms with Crippen LogP contribution in [0.5, 0.6) is 0 Å². The number of piperazine rings is 2. The van der Waals surface area contributed by atoms with E-state index in [9.17, 15) is 9.59 Å². The van der Waals surface area contributed by atoms with Gasteiger partial charge in [0, 0.05) is 75.7 Å². The molecule has 7 heteroatoms. The molecule has 2 heterocycles. The molecule has 1 aliphatic carbocycles. The molecule has 0 spiro atoms. The summed E-state index contributed by atoms with van der Waals surface area (Å²) in [4.78, 5) is 34.3. The lowest BCUT2D eigenvalue weighted by Gasteiger charge is -2.38. The van der Waals surface area contributed by atoms with E-state index in [1.165, 1.54) is 5.69 Å². The molecule has 7 nitrogen and oxygen atoms in total. The second kappa shape index (κ2) is 9.57. The molecule has 1 N–H and O–H groups in total. The summed E-state index contributed by atoms with van der Waals surface area (Å²) in [5.41, 5.74) is 1.94. The molecule has 0 aromatic heterocycles. The summed E-state index contributed by atoms with van der Waals surface area (Å²) in [6.45, 7) is 13.5. The molecule has 0 radical (unpaired) electrons. The lowest BCUT2D eigenvalue weighted by molar-refractivity contribution is -0.126. The number of carbonyl (C=O) groups excluding carboxylic acids is 2. The summed E-state index contributed by atoms with van der Waals surface area (Å²) < 4.78 is 0. The maximum Gasteiger partial charge on any atom is 0.253 e. The SMILES string of the molecule is CC(C)N1CCN(c2ccc(C(=O)N3CCN(C(C)C(=O)NC4CC4)CC3)cc2)CC1. The van der Waals surface area contributed by atoms with Crippen LogP contribution in [0.4, 0.5) is 5.69 Å². The van der Waals surface area contributed by atoms with Crippen molar-refractivity contribution in [2.24, 2.45) is 0 Å². The van der Waals surface area contributed by atoms with Crippen LogP contribution in [0.25, 0.3) is 0 Å². The Hall–Kier alpha value is -2.12. The molecule has 4 rings (SSSR count). The molecule has 2 amide bonds. The standard InChI is InChI=1S/C24H37N5O2/c1-18(2)26-10-14-28(15-11-26)22-8-4-20(5-9-22)24(31)29-16-12-27(13-17-29)19(3)23(30)25-21-6-7-21/h4-5,8-9,18-19,21H,6-7,10-17H2,1-3H3,(H,25,30). The zero-order valence-corrected chi connectivity index (χ0v) is 19.2. The summed E-state index contributed by atoms with van der Waals surface area (Å²) in [6.07, 6.45) is 2.21. The van der Waals surface area contributed by atoms with Crippen LogP contribution in [0.3, 0.4) is 0 Å². The molecule has 1 atom stereocenters. The van der Waals surface area contributed by atoms with Gasteiger partial charge in [0.2, 0.25) is 5.91 Å². The van der Waals surface area contributed by atoms with E-state index in [4.69, 9.17) is 0 Å². The first-order chi connectivity index (χ1) is 14.9. The van der Waals surface area contributed by atoms with Crippen LogP contribution in [-0.4, -0.2) is 97.0 Å². The largest absolute Gasteiger partial charge is 0.369 e. The van der Waals surface area contributed by atoms with E-state index in [2.05, 4.69) is 46.0 Å². The Kier molecular flexibility index (Phi) is 6.82. The van der Waals surface area contributed by atoms with Gasteiger partial charge in [-0.1, -0.05) is 0 Å². The van der Waals surface area contributed by atoms with Gasteiger partial charge < -0.3 is 15.1 Å². The van der Waals surface area contributed by atoms with Crippen LogP contribution in [0.2, 0.25) is 0 Å². The predicted molar refractivity (Wildman–Crippen MR) is 123 cm³/mol. The van der Waals surface area contributed by atoms with Crippen LogP contribution >= 0.6 is 0 Å². The van der Waals surface area contributed by atoms with Gasteiger partial charge in [0.25, 0.3) is 5.91 Å². The van der Waals surface area contributed by atoms with E-state index >= 15 is 0 Å². The molecule has 1 saturated carbocycles. The van der Waals surface area contributed by atoms with Gasteiger partial charge in [-0.25, -0.2) is 0 Å². The summed E-state index contributed by atoms with van der Waals surface area (Å²) in [5, 5.41) is 3.08. The zero-order valence-electron chi connectivity index (χ0n) is 19.2. The average Bonchev–Trinajstić information content (AvgIpc) is 3.62. The van der Waals surface area contributed by atoms with Gasteiger partial charge in [-0.3, -0.25) is 19.4 Å². The third-order valence-electron chi connectivity index (χ3n) is 6.98. The van der Waals surface area contributed by atoms with Crippen LogP contribution in [-0.2, 0) is 4.79 Å². The minimum Gasteiger partial charge on any atom is -0.369 e. The van der Waals surface area contributed by atoms with Crippen molar-refractivity contribution in [2.75, 3.05) is 57.3 Å². The number of benzene rings is 1. The van der Waals surface area contributed by atoms with Crippen molar-refractivity contribution in [3.63, 3.8) is 0 Å². The number of rotatable bonds is 6. The zero-order chi connectivity index (χ0) is 22.0. The topological polar surface area (TPSA) is 59.1 Å². The number of carbonyl (C=O) groups is 2. The number of anilines is 1. The molecular formula is C24H37N5O2. The molecule has 1 unspecified atom stereocenters. The van der Waals surface area contributed by atoms with E-state index in [0.717, 1.165) is 57.7 Å². The predicted octanol–water partition coefficient (Wildman–Crippen LogP) is 1.64. The van der Waals surface area contributed by atoms with Crippen LogP contribution in [0.1, 0.15) is 44.0 Å². The summed E-state index contributed by atoms with van der Waals surface area (Å²) in [6, 6.07) is 8.94. The molecule has 2 aliphatic heterocycles. The molecule has 3 fully saturated rings. The second-order valence-corrected chi connectivity index (χ2v) is 9.45. The maximum absolute atomic E-state index is 13.0. The Labute approximate surface area is 186 Å². The second-order valence-electron chi connectivity index (χ2n) is 9.45. The Bertz CT molecular complexity index is 761. The Morgan fingerprint density at radius 2 is 1.42 bits per heavy atom. The number of amides is 2. The first-order valence-electron chi connectivity index (χ1n) is 11.8. The number of hydrogen-bond donors (Lipinski definition) is 1. The van der Waals surface area contributed by atoms with Gasteiger partial charge in [0.15, 0.2) is 0 Å². The lowest BCUT2D eigenvalue weighted by atomic mass is 10.1. The van der Waals surface area contributed by atoms with Gasteiger partial charge in [-0.15, -0.1) is 0 Å². The fourth-order valence-electron chi connectivity index (χ4n) is 4.52. The van der Waals surface area contributed by atoms with Crippen LogP contribution in [0.15, 0.2) is 24.3 Å². The van der Waals surface area contributed by atoms with Crippen molar-refractivity contribution in [3.8, 4) is 0 Å². The average molecular weight is 428 g/mol. The smallest absolute Gasteiger partial charge is 0.253 e. The highest BCUT2D eigenvalue weighted by atomic mass is 16.2. The summed E-state index contributed by atoms with van der Waals surface area (Å²) in [5.74, 6) is 0.206. The van der Waals surface area contributed by atoms with Gasteiger partial charge in [0.1, 0.15) is 0 Å². The molecule has 2 saturated heterocycles. The van der Waals surface area contributed by atoms with Crippen molar-refractivity contribution >= 4 is 17.5 Å². The highest BCUT2D eigenvalue weighted by Crippen LogP contribution is 2.21. The number of hydrogen-bond acceptors (Lipinski definition) is 5. The van der Waals surface area contributed by atoms with E-state index in [1.54, 1.807) is 0 Å². The van der Waals surface area contributed by atoms with Gasteiger partial charge in [-0.05, 0) is 57.9 Å². The number of nitrogens with zero attached hydrogens (tertiary/aromatic N) is 4. The van der Waals surface area contributed by atoms with Crippen LogP contribution in [0, 0.1) is 0 Å². The molecule has 1 aromatic carbocycles. The van der Waals surface area contributed by atoms with E-state index < -0.39 is 0 Å². The molecular weight excluding hydrogens is 390 g/mol. The summed E-state index contributed by atoms with van der Waals surface area (Å²) in [7, 11) is 0. The highest BCUT2D eigenvalue weighted by Gasteiger charge is 2.31. The van der Waals surface area contributed by atoms with Crippen molar-refractivity contribution < 1.29 is 9.59 Å². The third kappa shape index (κ3) is 5.39. The van der Waals surface area contributed by atoms with Crippen LogP contribution < -0.4 is 10.2 Å². The minimum absolute atomic E-state index is 0.0888. The minimum atomic E-state index is -0.131. The van der Waals surface area contributed by atoms with Crippen molar-refractivity contribution in [1.29, 1.82) is 0 Å². The van der Waals surface area contributed by atoms with E-state index in [1.807, 2.05) is 24.0 Å². The molecule has 0 bridgehead atoms. The van der Waals surface area contributed by atoms with E-state index in [0.29, 0.717) is 25.2 Å². The van der Waals surface area contributed by atoms with Crippen molar-refractivity contribution in [1.82, 2.24) is 20.0 Å². The van der Waals surface area contributed by atoms with Crippen molar-refractivity contribution in [3.05, 3.63) is 29.8 Å². The Balaban J connectivity index is 1.26. The maximum atomic E-state index is 13.0. The molecule has 31 heavy (non-hydrogen) atoms. The fraction of sp³-hybridized carbons (Fsp3) is 0.667. The van der Waals surface area contributed by atoms with Gasteiger partial charge >= 0.3 is 0 Å². The third-order valence-corrected chi connectivity index (χ3v) is 6.98. The lowest BCUT2D eigenvalue weighted by Crippen LogP contribution is -2.55. The van der Waals surface area contributed by atoms with Gasteiger partial charge in [-0.2, -0.15) is 0 Å². The highest BCUT2D eigenvalue weighted by molar-refractivity contribution is 5.94.